The molecule has 0 fully saturated rings. The first kappa shape index (κ1) is 15.2. The van der Waals surface area contributed by atoms with Crippen LogP contribution in [-0.2, 0) is 17.9 Å². The third-order valence-electron chi connectivity index (χ3n) is 3.01. The Kier molecular flexibility index (Phi) is 4.68. The van der Waals surface area contributed by atoms with Crippen molar-refractivity contribution in [2.24, 2.45) is 10.9 Å². The topological polar surface area (TPSA) is 86.5 Å². The molecule has 23 heavy (non-hydrogen) atoms. The van der Waals surface area contributed by atoms with Crippen LogP contribution in [0.2, 0.25) is 0 Å². The predicted molar refractivity (Wildman–Crippen MR) is 88.9 cm³/mol. The maximum Gasteiger partial charge on any atom is 0.167 e. The summed E-state index contributed by atoms with van der Waals surface area (Å²) in [7, 11) is 0. The number of nitrogens with zero attached hydrogens (tertiary/aromatic N) is 3. The van der Waals surface area contributed by atoms with Crippen LogP contribution in [0.5, 0.6) is 0 Å². The van der Waals surface area contributed by atoms with Crippen molar-refractivity contribution in [1.29, 1.82) is 0 Å². The van der Waals surface area contributed by atoms with Crippen molar-refractivity contribution in [3.05, 3.63) is 58.2 Å². The number of aromatic nitrogens is 2. The largest absolute Gasteiger partial charge is 0.388 e. The van der Waals surface area contributed by atoms with Crippen LogP contribution in [0.15, 0.2) is 51.5 Å². The summed E-state index contributed by atoms with van der Waals surface area (Å²) in [5.74, 6) is 1.07. The minimum absolute atomic E-state index is 0.202. The second kappa shape index (κ2) is 7.06. The monoisotopic (exact) mass is 328 g/mol. The first-order valence-corrected chi connectivity index (χ1v) is 7.95. The molecule has 0 saturated carbocycles. The Hall–Kier alpha value is -2.67. The van der Waals surface area contributed by atoms with E-state index in [2.05, 4.69) is 15.3 Å². The van der Waals surface area contributed by atoms with E-state index in [-0.39, 0.29) is 6.61 Å². The van der Waals surface area contributed by atoms with Crippen LogP contribution in [0.1, 0.15) is 16.4 Å². The van der Waals surface area contributed by atoms with Gasteiger partial charge in [-0.05, 0) is 6.92 Å². The summed E-state index contributed by atoms with van der Waals surface area (Å²) in [6, 6.07) is 11.6. The number of oxime groups is 1. The van der Waals surface area contributed by atoms with Crippen molar-refractivity contribution in [3.8, 4) is 11.3 Å². The summed E-state index contributed by atoms with van der Waals surface area (Å²) in [5.41, 5.74) is 8.43. The van der Waals surface area contributed by atoms with Crippen molar-refractivity contribution in [3.63, 3.8) is 0 Å². The van der Waals surface area contributed by atoms with E-state index < -0.39 is 0 Å². The van der Waals surface area contributed by atoms with Gasteiger partial charge in [0.1, 0.15) is 16.5 Å². The van der Waals surface area contributed by atoms with Crippen LogP contribution in [0, 0.1) is 6.92 Å². The van der Waals surface area contributed by atoms with E-state index in [1.54, 1.807) is 11.3 Å². The highest BCUT2D eigenvalue weighted by Crippen LogP contribution is 2.20. The Morgan fingerprint density at radius 1 is 1.35 bits per heavy atom. The summed E-state index contributed by atoms with van der Waals surface area (Å²) in [4.78, 5) is 9.56. The van der Waals surface area contributed by atoms with Gasteiger partial charge in [-0.2, -0.15) is 0 Å². The molecule has 3 aromatic rings. The highest BCUT2D eigenvalue weighted by Gasteiger charge is 2.07. The zero-order valence-electron chi connectivity index (χ0n) is 12.6. The van der Waals surface area contributed by atoms with Crippen LogP contribution in [0.25, 0.3) is 11.3 Å². The zero-order chi connectivity index (χ0) is 16.1. The van der Waals surface area contributed by atoms with E-state index in [0.29, 0.717) is 23.7 Å². The van der Waals surface area contributed by atoms with Crippen molar-refractivity contribution in [1.82, 2.24) is 10.1 Å². The molecule has 1 aromatic carbocycles. The van der Waals surface area contributed by atoms with Gasteiger partial charge in [-0.25, -0.2) is 4.98 Å². The molecule has 2 heterocycles. The molecule has 0 radical (unpaired) electrons. The van der Waals surface area contributed by atoms with Gasteiger partial charge in [0.05, 0.1) is 6.42 Å². The molecule has 7 heteroatoms. The van der Waals surface area contributed by atoms with Crippen molar-refractivity contribution in [2.75, 3.05) is 0 Å². The normalized spacial score (nSPS) is 11.6. The Morgan fingerprint density at radius 2 is 2.17 bits per heavy atom. The number of amidine groups is 1. The Balaban J connectivity index is 1.54. The van der Waals surface area contributed by atoms with E-state index in [9.17, 15) is 0 Å². The second-order valence-corrected chi connectivity index (χ2v) is 5.91. The third-order valence-corrected chi connectivity index (χ3v) is 3.98. The zero-order valence-corrected chi connectivity index (χ0v) is 13.4. The first-order chi connectivity index (χ1) is 11.2. The van der Waals surface area contributed by atoms with Gasteiger partial charge >= 0.3 is 0 Å². The van der Waals surface area contributed by atoms with Crippen molar-refractivity contribution >= 4 is 17.2 Å². The molecule has 3 rings (SSSR count). The number of hydrogen-bond donors (Lipinski definition) is 1. The summed E-state index contributed by atoms with van der Waals surface area (Å²) < 4.78 is 5.29. The van der Waals surface area contributed by atoms with Gasteiger partial charge in [-0.3, -0.25) is 0 Å². The summed E-state index contributed by atoms with van der Waals surface area (Å²) in [6.45, 7) is 2.15. The number of hydrogen-bond acceptors (Lipinski definition) is 6. The molecular weight excluding hydrogens is 312 g/mol. The van der Waals surface area contributed by atoms with Gasteiger partial charge in [-0.15, -0.1) is 11.3 Å². The van der Waals surface area contributed by atoms with Gasteiger partial charge in [0.15, 0.2) is 12.4 Å². The fourth-order valence-corrected chi connectivity index (χ4v) is 2.76. The minimum Gasteiger partial charge on any atom is -0.388 e. The molecule has 118 valence electrons. The lowest BCUT2D eigenvalue weighted by Gasteiger charge is -1.98. The molecule has 0 atom stereocenters. The fraction of sp³-hybridized carbons (Fsp3) is 0.188. The quantitative estimate of drug-likeness (QED) is 0.427. The Labute approximate surface area is 137 Å². The van der Waals surface area contributed by atoms with E-state index in [1.807, 2.05) is 48.7 Å². The molecule has 0 spiro atoms. The Morgan fingerprint density at radius 3 is 2.91 bits per heavy atom. The number of benzene rings is 1. The summed E-state index contributed by atoms with van der Waals surface area (Å²) >= 11 is 1.55. The molecule has 0 bridgehead atoms. The highest BCUT2D eigenvalue weighted by atomic mass is 32.1. The number of rotatable bonds is 6. The summed E-state index contributed by atoms with van der Waals surface area (Å²) in [6.07, 6.45) is 0.479. The first-order valence-electron chi connectivity index (χ1n) is 7.07. The van der Waals surface area contributed by atoms with Crippen molar-refractivity contribution in [2.45, 2.75) is 20.0 Å². The molecular formula is C16H16N4O2S. The van der Waals surface area contributed by atoms with E-state index >= 15 is 0 Å². The Bertz CT molecular complexity index is 795. The van der Waals surface area contributed by atoms with Crippen LogP contribution >= 0.6 is 11.3 Å². The van der Waals surface area contributed by atoms with Gasteiger partial charge in [-0.1, -0.05) is 40.6 Å². The maximum atomic E-state index is 5.82. The maximum absolute atomic E-state index is 5.82. The van der Waals surface area contributed by atoms with Gasteiger partial charge < -0.3 is 15.1 Å². The molecule has 6 nitrogen and oxygen atoms in total. The molecule has 0 amide bonds. The van der Waals surface area contributed by atoms with Crippen LogP contribution < -0.4 is 5.73 Å². The average Bonchev–Trinajstić information content (AvgIpc) is 3.17. The number of nitrogens with two attached hydrogens (primary N) is 1. The molecule has 0 aliphatic rings. The highest BCUT2D eigenvalue weighted by molar-refractivity contribution is 7.09. The van der Waals surface area contributed by atoms with Gasteiger partial charge in [0.2, 0.25) is 0 Å². The average molecular weight is 328 g/mol. The molecule has 2 N–H and O–H groups in total. The van der Waals surface area contributed by atoms with Crippen LogP contribution in [0.4, 0.5) is 0 Å². The second-order valence-electron chi connectivity index (χ2n) is 4.96. The fourth-order valence-electron chi connectivity index (χ4n) is 1.97. The van der Waals surface area contributed by atoms with E-state index in [1.165, 1.54) is 0 Å². The van der Waals surface area contributed by atoms with Gasteiger partial charge in [0.25, 0.3) is 0 Å². The number of thiazole rings is 1. The van der Waals surface area contributed by atoms with Crippen molar-refractivity contribution < 1.29 is 9.36 Å². The predicted octanol–water partition coefficient (Wildman–Crippen LogP) is 3.14. The lowest BCUT2D eigenvalue weighted by atomic mass is 10.2. The number of aryl methyl sites for hydroxylation is 1. The smallest absolute Gasteiger partial charge is 0.167 e. The molecule has 0 unspecified atom stereocenters. The summed E-state index contributed by atoms with van der Waals surface area (Å²) in [5, 5.41) is 10.7. The standard InChI is InChI=1S/C16H16N4O2S/c1-11-10-23-16(18-11)8-15(17)20-21-9-13-7-14(22-19-13)12-5-3-2-4-6-12/h2-7,10H,8-9H2,1H3,(H2,17,20). The lowest BCUT2D eigenvalue weighted by Crippen LogP contribution is -2.15. The third kappa shape index (κ3) is 4.17. The van der Waals surface area contributed by atoms with Gasteiger partial charge in [0, 0.05) is 22.7 Å². The molecule has 0 saturated heterocycles. The van der Waals surface area contributed by atoms with Crippen LogP contribution in [0.3, 0.4) is 0 Å². The molecule has 2 aromatic heterocycles. The van der Waals surface area contributed by atoms with E-state index in [4.69, 9.17) is 15.1 Å². The molecule has 0 aliphatic carbocycles. The molecule has 0 aliphatic heterocycles. The van der Waals surface area contributed by atoms with Crippen LogP contribution in [-0.4, -0.2) is 16.0 Å². The minimum atomic E-state index is 0.202. The SMILES string of the molecule is Cc1csc(C/C(N)=N/OCc2cc(-c3ccccc3)on2)n1. The lowest BCUT2D eigenvalue weighted by molar-refractivity contribution is 0.124. The van der Waals surface area contributed by atoms with E-state index in [0.717, 1.165) is 16.3 Å².